The predicted molar refractivity (Wildman–Crippen MR) is 63.1 cm³/mol. The molecule has 18 heavy (non-hydrogen) atoms. The lowest BCUT2D eigenvalue weighted by atomic mass is 10.1. The van der Waals surface area contributed by atoms with Crippen LogP contribution < -0.4 is 4.74 Å². The van der Waals surface area contributed by atoms with Gasteiger partial charge in [-0.3, -0.25) is 0 Å². The van der Waals surface area contributed by atoms with Crippen LogP contribution in [0.2, 0.25) is 0 Å². The molecule has 0 saturated carbocycles. The quantitative estimate of drug-likeness (QED) is 0.736. The molecule has 0 radical (unpaired) electrons. The molecule has 0 aliphatic rings. The maximum absolute atomic E-state index is 11.9. The standard InChI is InChI=1S/C12H14ClF3O2/c1-2-18-10-5-3-9(4-6-10)11(13)7-17-8-12(14,15)16/h3-6,11H,2,7-8H2,1H3. The van der Waals surface area contributed by atoms with Gasteiger partial charge in [0, 0.05) is 0 Å². The zero-order valence-electron chi connectivity index (χ0n) is 9.84. The van der Waals surface area contributed by atoms with Crippen LogP contribution in [0.15, 0.2) is 24.3 Å². The van der Waals surface area contributed by atoms with Crippen molar-refractivity contribution in [2.24, 2.45) is 0 Å². The number of benzene rings is 1. The first-order chi connectivity index (χ1) is 8.42. The third-order valence-corrected chi connectivity index (χ3v) is 2.46. The molecule has 0 amide bonds. The van der Waals surface area contributed by atoms with Crippen LogP contribution in [0.1, 0.15) is 17.9 Å². The van der Waals surface area contributed by atoms with Crippen LogP contribution in [-0.4, -0.2) is 26.0 Å². The van der Waals surface area contributed by atoms with Gasteiger partial charge in [0.1, 0.15) is 12.4 Å². The van der Waals surface area contributed by atoms with E-state index < -0.39 is 18.2 Å². The summed E-state index contributed by atoms with van der Waals surface area (Å²) in [7, 11) is 0. The molecule has 2 nitrogen and oxygen atoms in total. The lowest BCUT2D eigenvalue weighted by Gasteiger charge is -2.12. The van der Waals surface area contributed by atoms with Gasteiger partial charge in [0.05, 0.1) is 18.6 Å². The second-order valence-electron chi connectivity index (χ2n) is 3.60. The van der Waals surface area contributed by atoms with Crippen LogP contribution in [0.4, 0.5) is 13.2 Å². The van der Waals surface area contributed by atoms with Gasteiger partial charge in [0.2, 0.25) is 0 Å². The molecule has 1 atom stereocenters. The van der Waals surface area contributed by atoms with E-state index in [1.165, 1.54) is 0 Å². The molecular weight excluding hydrogens is 269 g/mol. The van der Waals surface area contributed by atoms with Gasteiger partial charge >= 0.3 is 6.18 Å². The Morgan fingerprint density at radius 2 is 1.83 bits per heavy atom. The molecule has 0 bridgehead atoms. The predicted octanol–water partition coefficient (Wildman–Crippen LogP) is 3.94. The minimum atomic E-state index is -4.32. The second kappa shape index (κ2) is 6.85. The fourth-order valence-corrected chi connectivity index (χ4v) is 1.55. The van der Waals surface area contributed by atoms with Crippen LogP contribution in [0.3, 0.4) is 0 Å². The third-order valence-electron chi connectivity index (χ3n) is 2.08. The normalized spacial score (nSPS) is 13.4. The van der Waals surface area contributed by atoms with E-state index >= 15 is 0 Å². The highest BCUT2D eigenvalue weighted by molar-refractivity contribution is 6.20. The molecule has 0 heterocycles. The summed E-state index contributed by atoms with van der Waals surface area (Å²) in [6.07, 6.45) is -4.32. The van der Waals surface area contributed by atoms with E-state index in [-0.39, 0.29) is 6.61 Å². The Morgan fingerprint density at radius 1 is 1.22 bits per heavy atom. The van der Waals surface area contributed by atoms with E-state index in [9.17, 15) is 13.2 Å². The van der Waals surface area contributed by atoms with Crippen molar-refractivity contribution < 1.29 is 22.6 Å². The van der Waals surface area contributed by atoms with Gasteiger partial charge in [-0.2, -0.15) is 13.2 Å². The van der Waals surface area contributed by atoms with Crippen molar-refractivity contribution in [2.75, 3.05) is 19.8 Å². The first-order valence-corrected chi connectivity index (χ1v) is 5.87. The molecule has 0 spiro atoms. The zero-order chi connectivity index (χ0) is 13.6. The van der Waals surface area contributed by atoms with Crippen molar-refractivity contribution in [1.29, 1.82) is 0 Å². The van der Waals surface area contributed by atoms with Gasteiger partial charge in [-0.05, 0) is 24.6 Å². The van der Waals surface area contributed by atoms with Crippen LogP contribution in [0, 0.1) is 0 Å². The van der Waals surface area contributed by atoms with Gasteiger partial charge in [0.25, 0.3) is 0 Å². The number of hydrogen-bond acceptors (Lipinski definition) is 2. The summed E-state index contributed by atoms with van der Waals surface area (Å²) in [5, 5.41) is -0.608. The smallest absolute Gasteiger partial charge is 0.411 e. The summed E-state index contributed by atoms with van der Waals surface area (Å²) < 4.78 is 45.3. The van der Waals surface area contributed by atoms with E-state index in [0.717, 1.165) is 0 Å². The van der Waals surface area contributed by atoms with Crippen LogP contribution >= 0.6 is 11.6 Å². The van der Waals surface area contributed by atoms with Gasteiger partial charge in [0.15, 0.2) is 0 Å². The Morgan fingerprint density at radius 3 is 2.33 bits per heavy atom. The van der Waals surface area contributed by atoms with E-state index in [0.29, 0.717) is 17.9 Å². The average Bonchev–Trinajstić information content (AvgIpc) is 2.28. The zero-order valence-corrected chi connectivity index (χ0v) is 10.6. The second-order valence-corrected chi connectivity index (χ2v) is 4.13. The summed E-state index contributed by atoms with van der Waals surface area (Å²) in [4.78, 5) is 0. The Hall–Kier alpha value is -0.940. The minimum absolute atomic E-state index is 0.185. The van der Waals surface area contributed by atoms with Crippen molar-refractivity contribution in [2.45, 2.75) is 18.5 Å². The molecule has 102 valence electrons. The number of alkyl halides is 4. The first kappa shape index (κ1) is 15.1. The van der Waals surface area contributed by atoms with Crippen molar-refractivity contribution in [3.8, 4) is 5.75 Å². The maximum atomic E-state index is 11.9. The number of halogens is 4. The fourth-order valence-electron chi connectivity index (χ4n) is 1.31. The monoisotopic (exact) mass is 282 g/mol. The molecule has 0 saturated heterocycles. The Labute approximate surface area is 109 Å². The fraction of sp³-hybridized carbons (Fsp3) is 0.500. The molecular formula is C12H14ClF3O2. The molecule has 1 aromatic carbocycles. The van der Waals surface area contributed by atoms with Crippen molar-refractivity contribution in [1.82, 2.24) is 0 Å². The third kappa shape index (κ3) is 5.60. The van der Waals surface area contributed by atoms with Crippen LogP contribution in [0.25, 0.3) is 0 Å². The molecule has 0 N–H and O–H groups in total. The number of ether oxygens (including phenoxy) is 2. The molecule has 1 aromatic rings. The summed E-state index contributed by atoms with van der Waals surface area (Å²) in [5.41, 5.74) is 0.697. The highest BCUT2D eigenvalue weighted by Crippen LogP contribution is 2.24. The summed E-state index contributed by atoms with van der Waals surface area (Å²) in [5.74, 6) is 0.696. The SMILES string of the molecule is CCOc1ccc(C(Cl)COCC(F)(F)F)cc1. The van der Waals surface area contributed by atoms with Crippen LogP contribution in [-0.2, 0) is 4.74 Å². The van der Waals surface area contributed by atoms with Crippen molar-refractivity contribution in [3.63, 3.8) is 0 Å². The van der Waals surface area contributed by atoms with Crippen LogP contribution in [0.5, 0.6) is 5.75 Å². The van der Waals surface area contributed by atoms with E-state index in [4.69, 9.17) is 16.3 Å². The Kier molecular flexibility index (Phi) is 5.75. The van der Waals surface area contributed by atoms with Gasteiger partial charge < -0.3 is 9.47 Å². The molecule has 6 heteroatoms. The average molecular weight is 283 g/mol. The van der Waals surface area contributed by atoms with Crippen molar-refractivity contribution >= 4 is 11.6 Å². The highest BCUT2D eigenvalue weighted by atomic mass is 35.5. The molecule has 0 aliphatic heterocycles. The number of hydrogen-bond donors (Lipinski definition) is 0. The lowest BCUT2D eigenvalue weighted by molar-refractivity contribution is -0.173. The van der Waals surface area contributed by atoms with E-state index in [1.54, 1.807) is 24.3 Å². The Balaban J connectivity index is 2.43. The summed E-state index contributed by atoms with van der Waals surface area (Å²) in [6.45, 7) is 0.948. The summed E-state index contributed by atoms with van der Waals surface area (Å²) >= 11 is 5.93. The van der Waals surface area contributed by atoms with Gasteiger partial charge in [-0.15, -0.1) is 11.6 Å². The maximum Gasteiger partial charge on any atom is 0.411 e. The molecule has 1 rings (SSSR count). The van der Waals surface area contributed by atoms with Gasteiger partial charge in [-0.25, -0.2) is 0 Å². The molecule has 0 aliphatic carbocycles. The number of rotatable bonds is 6. The Bertz CT molecular complexity index is 351. The molecule has 0 fully saturated rings. The van der Waals surface area contributed by atoms with Crippen molar-refractivity contribution in [3.05, 3.63) is 29.8 Å². The largest absolute Gasteiger partial charge is 0.494 e. The lowest BCUT2D eigenvalue weighted by Crippen LogP contribution is -2.18. The minimum Gasteiger partial charge on any atom is -0.494 e. The highest BCUT2D eigenvalue weighted by Gasteiger charge is 2.27. The van der Waals surface area contributed by atoms with Gasteiger partial charge in [-0.1, -0.05) is 12.1 Å². The molecule has 0 aromatic heterocycles. The van der Waals surface area contributed by atoms with E-state index in [2.05, 4.69) is 4.74 Å². The van der Waals surface area contributed by atoms with E-state index in [1.807, 2.05) is 6.92 Å². The molecule has 1 unspecified atom stereocenters. The summed E-state index contributed by atoms with van der Waals surface area (Å²) in [6, 6.07) is 6.86. The first-order valence-electron chi connectivity index (χ1n) is 5.43. The topological polar surface area (TPSA) is 18.5 Å².